The van der Waals surface area contributed by atoms with Crippen molar-refractivity contribution in [3.8, 4) is 0 Å². The van der Waals surface area contributed by atoms with Gasteiger partial charge in [-0.3, -0.25) is 0 Å². The molecule has 0 unspecified atom stereocenters. The van der Waals surface area contributed by atoms with Gasteiger partial charge in [0.05, 0.1) is 22.1 Å². The van der Waals surface area contributed by atoms with Crippen LogP contribution in [-0.2, 0) is 21.7 Å². The summed E-state index contributed by atoms with van der Waals surface area (Å²) in [5.74, 6) is 0. The Kier molecular flexibility index (Phi) is 7.15. The van der Waals surface area contributed by atoms with E-state index in [2.05, 4.69) is 178 Å². The molecule has 6 bridgehead atoms. The molecule has 2 N–H and O–H groups in total. The Hall–Kier alpha value is -4.70. The molecule has 0 amide bonds. The molecule has 0 radical (unpaired) electrons. The SMILES string of the molecule is CC(C)(C)c1cc2c#cc#cc3cc(C(C)(C)C)cc4c5cc(C(C)(C)C)cc(c6ccc(s6)c6cc(C(C)(C)C)cc7c(c1)c2[nH]c67)c5[nH]c34. The van der Waals surface area contributed by atoms with Gasteiger partial charge < -0.3 is 9.97 Å². The van der Waals surface area contributed by atoms with Crippen LogP contribution in [0.15, 0.2) is 60.7 Å². The summed E-state index contributed by atoms with van der Waals surface area (Å²) < 4.78 is 2.51. The molecular formula is C48H48N2S. The van der Waals surface area contributed by atoms with Gasteiger partial charge in [0.1, 0.15) is 0 Å². The van der Waals surface area contributed by atoms with Crippen LogP contribution in [0.2, 0.25) is 0 Å². The molecule has 0 aliphatic heterocycles. The number of hydrogen-bond acceptors (Lipinski definition) is 1. The van der Waals surface area contributed by atoms with Crippen LogP contribution in [0, 0.1) is 24.3 Å². The summed E-state index contributed by atoms with van der Waals surface area (Å²) in [6.07, 6.45) is 0. The highest BCUT2D eigenvalue weighted by Crippen LogP contribution is 2.42. The largest absolute Gasteiger partial charge is 0.353 e. The van der Waals surface area contributed by atoms with Crippen LogP contribution in [0.5, 0.6) is 0 Å². The van der Waals surface area contributed by atoms with E-state index in [1.54, 1.807) is 0 Å². The number of aromatic amines is 2. The lowest BCUT2D eigenvalue weighted by molar-refractivity contribution is 0.591. The average molecular weight is 685 g/mol. The normalized spacial score (nSPS) is 13.2. The number of thiophene rings is 1. The molecule has 0 saturated carbocycles. The van der Waals surface area contributed by atoms with Gasteiger partial charge in [-0.1, -0.05) is 95.2 Å². The van der Waals surface area contributed by atoms with E-state index in [-0.39, 0.29) is 21.7 Å². The van der Waals surface area contributed by atoms with Gasteiger partial charge in [-0.2, -0.15) is 0 Å². The second-order valence-electron chi connectivity index (χ2n) is 18.7. The first kappa shape index (κ1) is 33.4. The van der Waals surface area contributed by atoms with Gasteiger partial charge >= 0.3 is 0 Å². The number of H-pyrrole nitrogens is 2. The van der Waals surface area contributed by atoms with Crippen molar-refractivity contribution in [1.82, 2.24) is 9.97 Å². The van der Waals surface area contributed by atoms with E-state index in [0.717, 1.165) is 32.8 Å². The Balaban J connectivity index is 1.64. The second kappa shape index (κ2) is 10.9. The topological polar surface area (TPSA) is 31.6 Å². The fraction of sp³-hybridized carbons (Fsp3) is 0.333. The monoisotopic (exact) mass is 684 g/mol. The Morgan fingerprint density at radius 1 is 0.392 bits per heavy atom. The fourth-order valence-electron chi connectivity index (χ4n) is 7.35. The van der Waals surface area contributed by atoms with Crippen molar-refractivity contribution in [1.29, 1.82) is 0 Å². The quantitative estimate of drug-likeness (QED) is 0.159. The van der Waals surface area contributed by atoms with Crippen LogP contribution in [0.1, 0.15) is 105 Å². The van der Waals surface area contributed by atoms with Crippen LogP contribution in [0.25, 0.3) is 74.6 Å². The molecule has 3 heteroatoms. The van der Waals surface area contributed by atoms with Crippen molar-refractivity contribution in [2.75, 3.05) is 0 Å². The molecule has 2 nitrogen and oxygen atoms in total. The van der Waals surface area contributed by atoms with Crippen LogP contribution < -0.4 is 0 Å². The zero-order valence-corrected chi connectivity index (χ0v) is 33.0. The maximum absolute atomic E-state index is 3.90. The lowest BCUT2D eigenvalue weighted by Gasteiger charge is -2.20. The number of aromatic nitrogens is 2. The minimum Gasteiger partial charge on any atom is -0.353 e. The molecule has 256 valence electrons. The van der Waals surface area contributed by atoms with E-state index in [1.807, 2.05) is 11.3 Å². The Morgan fingerprint density at radius 2 is 0.686 bits per heavy atom. The molecule has 4 aromatic carbocycles. The third-order valence-corrected chi connectivity index (χ3v) is 11.8. The lowest BCUT2D eigenvalue weighted by atomic mass is 9.84. The molecule has 0 spiro atoms. The molecule has 0 saturated heterocycles. The van der Waals surface area contributed by atoms with E-state index in [1.165, 1.54) is 64.0 Å². The summed E-state index contributed by atoms with van der Waals surface area (Å²) in [6, 6.07) is 37.2. The minimum atomic E-state index is -0.0407. The number of benzene rings is 4. The highest BCUT2D eigenvalue weighted by molar-refractivity contribution is 7.25. The smallest absolute Gasteiger partial charge is 0.0624 e. The van der Waals surface area contributed by atoms with Gasteiger partial charge in [0.25, 0.3) is 0 Å². The standard InChI is InChI=1S/C48H48N2S/c1-45(2,3)29-19-27-15-13-14-16-28-20-30(46(4,5)6)22-34-36-24-32(48(10,11)12)26-38(44(36)50-42(28)34)40-18-17-39(51-40)37-25-31(47(7,8)9)23-35-33(21-29)41(27)49-43(35)37/h17-26,49-50H,1-12H3. The summed E-state index contributed by atoms with van der Waals surface area (Å²) in [5, 5.41) is 9.38. The number of nitrogens with one attached hydrogen (secondary N) is 2. The summed E-state index contributed by atoms with van der Waals surface area (Å²) in [7, 11) is 0. The average Bonchev–Trinajstić information content (AvgIpc) is 3.75. The maximum atomic E-state index is 3.90. The molecular weight excluding hydrogens is 637 g/mol. The Bertz CT molecular complexity index is 2580. The number of fused-ring (bicyclic) bond motifs is 6. The zero-order chi connectivity index (χ0) is 36.4. The van der Waals surface area contributed by atoms with Gasteiger partial charge in [0.2, 0.25) is 0 Å². The van der Waals surface area contributed by atoms with Crippen molar-refractivity contribution >= 4 is 85.9 Å². The van der Waals surface area contributed by atoms with Gasteiger partial charge in [-0.15, -0.1) is 11.3 Å². The van der Waals surface area contributed by atoms with Gasteiger partial charge in [-0.05, 0) is 117 Å². The predicted octanol–water partition coefficient (Wildman–Crippen LogP) is 14.0. The van der Waals surface area contributed by atoms with E-state index in [4.69, 9.17) is 0 Å². The molecule has 0 atom stereocenters. The first-order valence-electron chi connectivity index (χ1n) is 18.2. The summed E-state index contributed by atoms with van der Waals surface area (Å²) in [5.41, 5.74) is 9.53. The molecule has 0 aliphatic carbocycles. The Morgan fingerprint density at radius 3 is 1.02 bits per heavy atom. The predicted molar refractivity (Wildman–Crippen MR) is 223 cm³/mol. The van der Waals surface area contributed by atoms with Crippen molar-refractivity contribution < 1.29 is 0 Å². The van der Waals surface area contributed by atoms with E-state index in [9.17, 15) is 0 Å². The number of rotatable bonds is 0. The lowest BCUT2D eigenvalue weighted by Crippen LogP contribution is -2.11. The van der Waals surface area contributed by atoms with Gasteiger partial charge in [0, 0.05) is 52.5 Å². The molecule has 4 aromatic heterocycles. The van der Waals surface area contributed by atoms with Crippen LogP contribution in [0.3, 0.4) is 0 Å². The van der Waals surface area contributed by atoms with Gasteiger partial charge in [0.15, 0.2) is 0 Å². The van der Waals surface area contributed by atoms with Crippen LogP contribution in [0.4, 0.5) is 0 Å². The highest BCUT2D eigenvalue weighted by Gasteiger charge is 2.23. The third-order valence-electron chi connectivity index (χ3n) is 10.7. The van der Waals surface area contributed by atoms with Crippen molar-refractivity contribution in [3.63, 3.8) is 0 Å². The fourth-order valence-corrected chi connectivity index (χ4v) is 8.40. The summed E-state index contributed by atoms with van der Waals surface area (Å²) in [6.45, 7) is 27.5. The van der Waals surface area contributed by atoms with Crippen LogP contribution in [-0.4, -0.2) is 9.97 Å². The van der Waals surface area contributed by atoms with Crippen molar-refractivity contribution in [2.45, 2.75) is 105 Å². The molecule has 4 heterocycles. The van der Waals surface area contributed by atoms with Crippen molar-refractivity contribution in [3.05, 3.63) is 107 Å². The summed E-state index contributed by atoms with van der Waals surface area (Å²) in [4.78, 5) is 7.81. The highest BCUT2D eigenvalue weighted by atomic mass is 32.1. The third kappa shape index (κ3) is 5.59. The first-order valence-corrected chi connectivity index (χ1v) is 19.0. The van der Waals surface area contributed by atoms with E-state index in [0.29, 0.717) is 0 Å². The Labute approximate surface area is 306 Å². The first-order chi connectivity index (χ1) is 23.8. The van der Waals surface area contributed by atoms with Crippen molar-refractivity contribution in [2.24, 2.45) is 0 Å². The second-order valence-corrected chi connectivity index (χ2v) is 19.8. The molecule has 51 heavy (non-hydrogen) atoms. The minimum absolute atomic E-state index is 0.0232. The van der Waals surface area contributed by atoms with E-state index < -0.39 is 0 Å². The molecule has 0 aliphatic rings. The maximum Gasteiger partial charge on any atom is 0.0624 e. The number of hydrogen-bond donors (Lipinski definition) is 2. The zero-order valence-electron chi connectivity index (χ0n) is 32.2. The van der Waals surface area contributed by atoms with Crippen LogP contribution >= 0.6 is 11.3 Å². The molecule has 8 aromatic rings. The van der Waals surface area contributed by atoms with E-state index >= 15 is 0 Å². The van der Waals surface area contributed by atoms with Gasteiger partial charge in [-0.25, -0.2) is 0 Å². The molecule has 8 rings (SSSR count). The summed E-state index contributed by atoms with van der Waals surface area (Å²) >= 11 is 1.88. The molecule has 0 fully saturated rings.